The van der Waals surface area contributed by atoms with Gasteiger partial charge in [0.15, 0.2) is 11.2 Å². The second-order valence-corrected chi connectivity index (χ2v) is 6.04. The van der Waals surface area contributed by atoms with Crippen LogP contribution in [0.15, 0.2) is 94.3 Å². The summed E-state index contributed by atoms with van der Waals surface area (Å²) in [6.07, 6.45) is 1.67. The first kappa shape index (κ1) is 16.7. The summed E-state index contributed by atoms with van der Waals surface area (Å²) in [5.74, 6) is -0.507. The van der Waals surface area contributed by atoms with Gasteiger partial charge in [0.2, 0.25) is 0 Å². The van der Waals surface area contributed by atoms with Gasteiger partial charge in [0.05, 0.1) is 17.1 Å². The molecule has 0 saturated carbocycles. The Bertz CT molecular complexity index is 1100. The van der Waals surface area contributed by atoms with Crippen molar-refractivity contribution in [3.63, 3.8) is 0 Å². The van der Waals surface area contributed by atoms with Crippen LogP contribution in [0.2, 0.25) is 0 Å². The molecule has 4 aromatic rings. The van der Waals surface area contributed by atoms with E-state index < -0.39 is 11.9 Å². The van der Waals surface area contributed by atoms with Crippen molar-refractivity contribution in [2.75, 3.05) is 0 Å². The summed E-state index contributed by atoms with van der Waals surface area (Å²) in [5, 5.41) is 3.37. The summed E-state index contributed by atoms with van der Waals surface area (Å²) < 4.78 is 5.64. The molecule has 2 aromatic heterocycles. The van der Waals surface area contributed by atoms with Gasteiger partial charge in [-0.1, -0.05) is 48.5 Å². The van der Waals surface area contributed by atoms with Crippen LogP contribution < -0.4 is 10.7 Å². The van der Waals surface area contributed by atoms with Gasteiger partial charge in [-0.05, 0) is 29.8 Å². The maximum absolute atomic E-state index is 12.8. The van der Waals surface area contributed by atoms with Crippen LogP contribution in [0.4, 0.5) is 0 Å². The second kappa shape index (κ2) is 7.25. The van der Waals surface area contributed by atoms with Crippen molar-refractivity contribution in [3.8, 4) is 0 Å². The van der Waals surface area contributed by atoms with Crippen molar-refractivity contribution >= 4 is 16.9 Å². The molecule has 27 heavy (non-hydrogen) atoms. The monoisotopic (exact) mass is 356 g/mol. The van der Waals surface area contributed by atoms with E-state index in [9.17, 15) is 9.59 Å². The fourth-order valence-corrected chi connectivity index (χ4v) is 2.94. The standard InChI is InChI=1S/C22H16N2O3/c25-18-14-20(27-19-12-5-4-10-16(18)19)22(26)24-21(15-8-2-1-3-9-15)17-11-6-7-13-23-17/h1-14,21H,(H,24,26). The highest BCUT2D eigenvalue weighted by Gasteiger charge is 2.21. The van der Waals surface area contributed by atoms with E-state index in [2.05, 4.69) is 10.3 Å². The number of nitrogens with zero attached hydrogens (tertiary/aromatic N) is 1. The molecule has 0 aliphatic carbocycles. The molecule has 0 aliphatic rings. The topological polar surface area (TPSA) is 72.2 Å². The highest BCUT2D eigenvalue weighted by atomic mass is 16.3. The minimum atomic E-state index is -0.475. The van der Waals surface area contributed by atoms with Gasteiger partial charge in [-0.15, -0.1) is 0 Å². The van der Waals surface area contributed by atoms with Gasteiger partial charge in [0.25, 0.3) is 5.91 Å². The third-order valence-electron chi connectivity index (χ3n) is 4.25. The van der Waals surface area contributed by atoms with E-state index in [-0.39, 0.29) is 11.2 Å². The van der Waals surface area contributed by atoms with Crippen LogP contribution >= 0.6 is 0 Å². The van der Waals surface area contributed by atoms with Crippen LogP contribution in [0.25, 0.3) is 11.0 Å². The number of amides is 1. The summed E-state index contributed by atoms with van der Waals surface area (Å²) in [6.45, 7) is 0. The van der Waals surface area contributed by atoms with Gasteiger partial charge in [0.1, 0.15) is 5.58 Å². The van der Waals surface area contributed by atoms with E-state index in [0.29, 0.717) is 16.7 Å². The van der Waals surface area contributed by atoms with E-state index in [1.54, 1.807) is 30.5 Å². The fraction of sp³-hybridized carbons (Fsp3) is 0.0455. The van der Waals surface area contributed by atoms with E-state index in [0.717, 1.165) is 5.56 Å². The van der Waals surface area contributed by atoms with E-state index >= 15 is 0 Å². The van der Waals surface area contributed by atoms with Crippen molar-refractivity contribution in [3.05, 3.63) is 112 Å². The summed E-state index contributed by atoms with van der Waals surface area (Å²) in [5.41, 5.74) is 1.70. The van der Waals surface area contributed by atoms with Gasteiger partial charge in [-0.2, -0.15) is 0 Å². The third kappa shape index (κ3) is 3.48. The predicted molar refractivity (Wildman–Crippen MR) is 102 cm³/mol. The first-order valence-corrected chi connectivity index (χ1v) is 8.52. The largest absolute Gasteiger partial charge is 0.451 e. The SMILES string of the molecule is O=C(NC(c1ccccc1)c1ccccn1)c1cc(=O)c2ccccc2o1. The molecular weight excluding hydrogens is 340 g/mol. The lowest BCUT2D eigenvalue weighted by molar-refractivity contribution is 0.0915. The van der Waals surface area contributed by atoms with E-state index in [1.165, 1.54) is 6.07 Å². The van der Waals surface area contributed by atoms with Crippen LogP contribution in [0.3, 0.4) is 0 Å². The Kier molecular flexibility index (Phi) is 4.49. The van der Waals surface area contributed by atoms with Gasteiger partial charge in [-0.25, -0.2) is 0 Å². The molecule has 1 N–H and O–H groups in total. The number of benzene rings is 2. The fourth-order valence-electron chi connectivity index (χ4n) is 2.94. The Labute approximate surface area is 155 Å². The number of nitrogens with one attached hydrogen (secondary N) is 1. The van der Waals surface area contributed by atoms with Crippen LogP contribution in [0.1, 0.15) is 27.9 Å². The number of hydrogen-bond donors (Lipinski definition) is 1. The number of fused-ring (bicyclic) bond motifs is 1. The summed E-state index contributed by atoms with van der Waals surface area (Å²) >= 11 is 0. The van der Waals surface area contributed by atoms with Crippen molar-refractivity contribution in [2.24, 2.45) is 0 Å². The molecule has 0 fully saturated rings. The lowest BCUT2D eigenvalue weighted by atomic mass is 10.0. The molecule has 0 bridgehead atoms. The number of para-hydroxylation sites is 1. The molecule has 1 atom stereocenters. The zero-order valence-corrected chi connectivity index (χ0v) is 14.3. The summed E-state index contributed by atoms with van der Waals surface area (Å²) in [7, 11) is 0. The lowest BCUT2D eigenvalue weighted by Gasteiger charge is -2.18. The highest BCUT2D eigenvalue weighted by Crippen LogP contribution is 2.21. The van der Waals surface area contributed by atoms with Crippen LogP contribution in [0, 0.1) is 0 Å². The molecule has 5 nitrogen and oxygen atoms in total. The maximum atomic E-state index is 12.8. The van der Waals surface area contributed by atoms with Crippen LogP contribution in [-0.2, 0) is 0 Å². The minimum Gasteiger partial charge on any atom is -0.451 e. The first-order chi connectivity index (χ1) is 13.2. The number of pyridine rings is 1. The van der Waals surface area contributed by atoms with E-state index in [1.807, 2.05) is 48.5 Å². The maximum Gasteiger partial charge on any atom is 0.287 e. The average molecular weight is 356 g/mol. The molecule has 1 amide bonds. The Balaban J connectivity index is 1.71. The number of rotatable bonds is 4. The van der Waals surface area contributed by atoms with Crippen molar-refractivity contribution in [2.45, 2.75) is 6.04 Å². The third-order valence-corrected chi connectivity index (χ3v) is 4.25. The zero-order chi connectivity index (χ0) is 18.6. The van der Waals surface area contributed by atoms with Gasteiger partial charge >= 0.3 is 0 Å². The Morgan fingerprint density at radius 2 is 1.67 bits per heavy atom. The normalized spacial score (nSPS) is 11.9. The highest BCUT2D eigenvalue weighted by molar-refractivity contribution is 5.93. The Morgan fingerprint density at radius 1 is 0.926 bits per heavy atom. The van der Waals surface area contributed by atoms with Crippen molar-refractivity contribution < 1.29 is 9.21 Å². The number of carbonyl (C=O) groups excluding carboxylic acids is 1. The Morgan fingerprint density at radius 3 is 2.44 bits per heavy atom. The van der Waals surface area contributed by atoms with Crippen molar-refractivity contribution in [1.82, 2.24) is 10.3 Å². The number of carbonyl (C=O) groups is 1. The molecule has 4 rings (SSSR count). The predicted octanol–water partition coefficient (Wildman–Crippen LogP) is 3.71. The molecular formula is C22H16N2O3. The first-order valence-electron chi connectivity index (χ1n) is 8.52. The molecule has 132 valence electrons. The quantitative estimate of drug-likeness (QED) is 0.605. The van der Waals surface area contributed by atoms with Gasteiger partial charge < -0.3 is 9.73 Å². The van der Waals surface area contributed by atoms with Gasteiger partial charge in [-0.3, -0.25) is 14.6 Å². The lowest BCUT2D eigenvalue weighted by Crippen LogP contribution is -2.30. The molecule has 0 aliphatic heterocycles. The molecule has 0 radical (unpaired) electrons. The number of aromatic nitrogens is 1. The summed E-state index contributed by atoms with van der Waals surface area (Å²) in [6, 6.07) is 22.7. The van der Waals surface area contributed by atoms with Crippen molar-refractivity contribution in [1.29, 1.82) is 0 Å². The molecule has 1 unspecified atom stereocenters. The molecule has 0 saturated heterocycles. The smallest absolute Gasteiger partial charge is 0.287 e. The second-order valence-electron chi connectivity index (χ2n) is 6.04. The van der Waals surface area contributed by atoms with Crippen LogP contribution in [0.5, 0.6) is 0 Å². The molecule has 5 heteroatoms. The van der Waals surface area contributed by atoms with E-state index in [4.69, 9.17) is 4.42 Å². The summed E-state index contributed by atoms with van der Waals surface area (Å²) in [4.78, 5) is 29.5. The molecule has 2 heterocycles. The van der Waals surface area contributed by atoms with Crippen LogP contribution in [-0.4, -0.2) is 10.9 Å². The molecule has 2 aromatic carbocycles. The minimum absolute atomic E-state index is 0.0319. The van der Waals surface area contributed by atoms with Gasteiger partial charge in [0, 0.05) is 12.3 Å². The Hall–Kier alpha value is -3.73. The number of hydrogen-bond acceptors (Lipinski definition) is 4. The average Bonchev–Trinajstić information content (AvgIpc) is 2.73. The zero-order valence-electron chi connectivity index (χ0n) is 14.3. The molecule has 0 spiro atoms.